The number of nitrogens with one attached hydrogen (secondary N) is 2. The van der Waals surface area contributed by atoms with Crippen LogP contribution < -0.4 is 10.6 Å². The quantitative estimate of drug-likeness (QED) is 0.413. The van der Waals surface area contributed by atoms with Crippen LogP contribution in [0.3, 0.4) is 0 Å². The van der Waals surface area contributed by atoms with Crippen LogP contribution in [0.5, 0.6) is 0 Å². The summed E-state index contributed by atoms with van der Waals surface area (Å²) in [5.41, 5.74) is 0. The Hall–Kier alpha value is -1.54. The number of aliphatic imine (C=N–C) groups is 1. The van der Waals surface area contributed by atoms with Crippen LogP contribution in [0.2, 0.25) is 0 Å². The standard InChI is InChI=1S/C18H25BrN6S/c1-3-20-18(24-15-6-9-17-22-12-23-25(17)11-15)21-10-13(2)26-16-7-4-14(19)5-8-16/h4-5,7-8,12-13,15H,3,6,9-11H2,1-2H3,(H2,20,21,24). The maximum absolute atomic E-state index is 4.78. The van der Waals surface area contributed by atoms with Crippen molar-refractivity contribution >= 4 is 33.7 Å². The molecule has 0 fully saturated rings. The molecule has 3 rings (SSSR count). The number of aromatic nitrogens is 3. The van der Waals surface area contributed by atoms with Crippen LogP contribution in [-0.4, -0.2) is 45.1 Å². The lowest BCUT2D eigenvalue weighted by Crippen LogP contribution is -2.47. The van der Waals surface area contributed by atoms with Gasteiger partial charge in [0, 0.05) is 33.6 Å². The van der Waals surface area contributed by atoms with Crippen molar-refractivity contribution in [2.45, 2.75) is 49.4 Å². The molecule has 140 valence electrons. The number of nitrogens with zero attached hydrogens (tertiary/aromatic N) is 4. The van der Waals surface area contributed by atoms with Gasteiger partial charge in [-0.1, -0.05) is 22.9 Å². The van der Waals surface area contributed by atoms with E-state index < -0.39 is 0 Å². The first-order valence-corrected chi connectivity index (χ1v) is 10.6. The number of fused-ring (bicyclic) bond motifs is 1. The molecule has 26 heavy (non-hydrogen) atoms. The summed E-state index contributed by atoms with van der Waals surface area (Å²) in [4.78, 5) is 10.3. The number of hydrogen-bond donors (Lipinski definition) is 2. The van der Waals surface area contributed by atoms with Gasteiger partial charge in [0.2, 0.25) is 0 Å². The van der Waals surface area contributed by atoms with Crippen LogP contribution in [0.15, 0.2) is 45.0 Å². The van der Waals surface area contributed by atoms with Crippen LogP contribution in [0.4, 0.5) is 0 Å². The average molecular weight is 437 g/mol. The first-order valence-electron chi connectivity index (χ1n) is 8.97. The fourth-order valence-corrected chi connectivity index (χ4v) is 4.04. The van der Waals surface area contributed by atoms with Crippen molar-refractivity contribution in [2.75, 3.05) is 13.1 Å². The Balaban J connectivity index is 1.54. The third kappa shape index (κ3) is 5.48. The van der Waals surface area contributed by atoms with E-state index in [2.05, 4.69) is 74.8 Å². The molecule has 1 aliphatic rings. The predicted molar refractivity (Wildman–Crippen MR) is 111 cm³/mol. The fourth-order valence-electron chi connectivity index (χ4n) is 2.87. The minimum atomic E-state index is 0.330. The zero-order valence-electron chi connectivity index (χ0n) is 15.2. The average Bonchev–Trinajstić information content (AvgIpc) is 3.10. The SMILES string of the molecule is CCNC(=NCC(C)Sc1ccc(Br)cc1)NC1CCc2ncnn2C1. The molecule has 2 aromatic rings. The van der Waals surface area contributed by atoms with E-state index in [1.54, 1.807) is 6.33 Å². The molecule has 0 aliphatic carbocycles. The smallest absolute Gasteiger partial charge is 0.191 e. The summed E-state index contributed by atoms with van der Waals surface area (Å²) in [6.45, 7) is 6.75. The van der Waals surface area contributed by atoms with Crippen molar-refractivity contribution in [2.24, 2.45) is 4.99 Å². The monoisotopic (exact) mass is 436 g/mol. The topological polar surface area (TPSA) is 67.1 Å². The van der Waals surface area contributed by atoms with Crippen molar-refractivity contribution in [3.05, 3.63) is 40.9 Å². The summed E-state index contributed by atoms with van der Waals surface area (Å²) in [6, 6.07) is 8.75. The third-order valence-electron chi connectivity index (χ3n) is 4.15. The highest BCUT2D eigenvalue weighted by atomic mass is 79.9. The van der Waals surface area contributed by atoms with Gasteiger partial charge in [-0.2, -0.15) is 5.10 Å². The van der Waals surface area contributed by atoms with Crippen LogP contribution in [0.1, 0.15) is 26.1 Å². The molecule has 0 spiro atoms. The molecule has 2 N–H and O–H groups in total. The predicted octanol–water partition coefficient (Wildman–Crippen LogP) is 3.09. The van der Waals surface area contributed by atoms with Gasteiger partial charge in [0.05, 0.1) is 13.1 Å². The van der Waals surface area contributed by atoms with Gasteiger partial charge in [0.15, 0.2) is 5.96 Å². The first kappa shape index (κ1) is 19.2. The van der Waals surface area contributed by atoms with Crippen molar-refractivity contribution in [1.29, 1.82) is 0 Å². The van der Waals surface area contributed by atoms with Crippen LogP contribution >= 0.6 is 27.7 Å². The minimum absolute atomic E-state index is 0.330. The van der Waals surface area contributed by atoms with Crippen molar-refractivity contribution < 1.29 is 0 Å². The van der Waals surface area contributed by atoms with E-state index in [4.69, 9.17) is 4.99 Å². The van der Waals surface area contributed by atoms with E-state index in [-0.39, 0.29) is 0 Å². The van der Waals surface area contributed by atoms with Crippen LogP contribution in [0, 0.1) is 0 Å². The van der Waals surface area contributed by atoms with Crippen molar-refractivity contribution in [1.82, 2.24) is 25.4 Å². The van der Waals surface area contributed by atoms with Crippen LogP contribution in [-0.2, 0) is 13.0 Å². The maximum Gasteiger partial charge on any atom is 0.191 e. The number of thioether (sulfide) groups is 1. The number of rotatable bonds is 6. The van der Waals surface area contributed by atoms with E-state index >= 15 is 0 Å². The van der Waals surface area contributed by atoms with Gasteiger partial charge in [-0.05, 0) is 37.6 Å². The summed E-state index contributed by atoms with van der Waals surface area (Å²) in [5.74, 6) is 1.95. The number of aryl methyl sites for hydroxylation is 1. The first-order chi connectivity index (χ1) is 12.6. The summed E-state index contributed by atoms with van der Waals surface area (Å²) >= 11 is 5.32. The minimum Gasteiger partial charge on any atom is -0.357 e. The second-order valence-electron chi connectivity index (χ2n) is 6.34. The molecule has 8 heteroatoms. The van der Waals surface area contributed by atoms with Gasteiger partial charge in [0.1, 0.15) is 12.2 Å². The fraction of sp³-hybridized carbons (Fsp3) is 0.500. The molecule has 0 saturated carbocycles. The van der Waals surface area contributed by atoms with Gasteiger partial charge in [0.25, 0.3) is 0 Å². The number of hydrogen-bond acceptors (Lipinski definition) is 4. The van der Waals surface area contributed by atoms with Crippen molar-refractivity contribution in [3.8, 4) is 0 Å². The van der Waals surface area contributed by atoms with E-state index in [9.17, 15) is 0 Å². The molecule has 6 nitrogen and oxygen atoms in total. The largest absolute Gasteiger partial charge is 0.357 e. The second kappa shape index (κ2) is 9.41. The highest BCUT2D eigenvalue weighted by molar-refractivity contribution is 9.10. The Morgan fingerprint density at radius 1 is 1.42 bits per heavy atom. The highest BCUT2D eigenvalue weighted by Crippen LogP contribution is 2.24. The normalized spacial score (nSPS) is 18.3. The lowest BCUT2D eigenvalue weighted by molar-refractivity contribution is 0.393. The summed E-state index contributed by atoms with van der Waals surface area (Å²) in [5, 5.41) is 11.6. The lowest BCUT2D eigenvalue weighted by Gasteiger charge is -2.25. The Bertz CT molecular complexity index is 730. The van der Waals surface area contributed by atoms with E-state index in [0.717, 1.165) is 48.7 Å². The zero-order chi connectivity index (χ0) is 18.4. The second-order valence-corrected chi connectivity index (χ2v) is 8.77. The molecule has 0 saturated heterocycles. The van der Waals surface area contributed by atoms with Gasteiger partial charge in [-0.15, -0.1) is 11.8 Å². The molecule has 0 amide bonds. The Morgan fingerprint density at radius 2 is 2.23 bits per heavy atom. The third-order valence-corrected chi connectivity index (χ3v) is 5.77. The van der Waals surface area contributed by atoms with E-state index in [0.29, 0.717) is 11.3 Å². The molecular weight excluding hydrogens is 412 g/mol. The molecule has 2 atom stereocenters. The number of halogens is 1. The van der Waals surface area contributed by atoms with E-state index in [1.165, 1.54) is 4.90 Å². The molecule has 2 unspecified atom stereocenters. The molecule has 1 aromatic carbocycles. The molecular formula is C18H25BrN6S. The zero-order valence-corrected chi connectivity index (χ0v) is 17.6. The maximum atomic E-state index is 4.78. The Kier molecular flexibility index (Phi) is 6.96. The van der Waals surface area contributed by atoms with Gasteiger partial charge in [-0.25, -0.2) is 9.67 Å². The number of guanidine groups is 1. The summed E-state index contributed by atoms with van der Waals surface area (Å²) < 4.78 is 3.09. The molecule has 1 aromatic heterocycles. The Labute approximate surface area is 167 Å². The molecule has 0 radical (unpaired) electrons. The number of benzene rings is 1. The molecule has 0 bridgehead atoms. The van der Waals surface area contributed by atoms with Gasteiger partial charge >= 0.3 is 0 Å². The highest BCUT2D eigenvalue weighted by Gasteiger charge is 2.20. The summed E-state index contributed by atoms with van der Waals surface area (Å²) in [7, 11) is 0. The molecule has 2 heterocycles. The van der Waals surface area contributed by atoms with Gasteiger partial charge < -0.3 is 10.6 Å². The van der Waals surface area contributed by atoms with Crippen molar-refractivity contribution in [3.63, 3.8) is 0 Å². The van der Waals surface area contributed by atoms with E-state index in [1.807, 2.05) is 16.4 Å². The molecule has 1 aliphatic heterocycles. The van der Waals surface area contributed by atoms with Gasteiger partial charge in [-0.3, -0.25) is 4.99 Å². The summed E-state index contributed by atoms with van der Waals surface area (Å²) in [6.07, 6.45) is 3.64. The Morgan fingerprint density at radius 3 is 3.00 bits per heavy atom. The van der Waals surface area contributed by atoms with Crippen LogP contribution in [0.25, 0.3) is 0 Å². The lowest BCUT2D eigenvalue weighted by atomic mass is 10.1.